The van der Waals surface area contributed by atoms with E-state index in [9.17, 15) is 0 Å². The van der Waals surface area contributed by atoms with Gasteiger partial charge in [-0.05, 0) is 23.4 Å². The Morgan fingerprint density at radius 1 is 1.70 bits per heavy atom. The molecule has 52 valence electrons. The van der Waals surface area contributed by atoms with Crippen molar-refractivity contribution in [3.63, 3.8) is 0 Å². The molecule has 0 bridgehead atoms. The highest BCUT2D eigenvalue weighted by atomic mass is 15.7. The number of aromatic nitrogens is 4. The van der Waals surface area contributed by atoms with Gasteiger partial charge in [0.25, 0.3) is 0 Å². The van der Waals surface area contributed by atoms with Crippen LogP contribution in [0.15, 0.2) is 11.7 Å². The molecule has 0 aliphatic heterocycles. The quantitative estimate of drug-likeness (QED) is 0.546. The van der Waals surface area contributed by atoms with Gasteiger partial charge in [0.1, 0.15) is 0 Å². The normalized spacial score (nSPS) is 10.5. The Balaban J connectivity index is 3.00. The van der Waals surface area contributed by atoms with Gasteiger partial charge in [0.05, 0.1) is 0 Å². The third-order valence-electron chi connectivity index (χ3n) is 0.884. The first-order chi connectivity index (χ1) is 4.88. The van der Waals surface area contributed by atoms with E-state index in [0.717, 1.165) is 0 Å². The Morgan fingerprint density at radius 2 is 2.50 bits per heavy atom. The zero-order valence-corrected chi connectivity index (χ0v) is 5.60. The maximum Gasteiger partial charge on any atom is 0.199 e. The molecule has 0 amide bonds. The van der Waals surface area contributed by atoms with E-state index >= 15 is 0 Å². The van der Waals surface area contributed by atoms with Crippen LogP contribution < -0.4 is 0 Å². The van der Waals surface area contributed by atoms with Crippen LogP contribution in [-0.2, 0) is 0 Å². The van der Waals surface area contributed by atoms with Gasteiger partial charge in [0, 0.05) is 6.21 Å². The van der Waals surface area contributed by atoms with Crippen molar-refractivity contribution < 1.29 is 0 Å². The van der Waals surface area contributed by atoms with Gasteiger partial charge in [-0.2, -0.15) is 5.10 Å². The molecular formula is C5H7N5. The summed E-state index contributed by atoms with van der Waals surface area (Å²) in [6.07, 6.45) is 3.14. The highest BCUT2D eigenvalue weighted by Gasteiger charge is 1.95. The fourth-order valence-electron chi connectivity index (χ4n) is 0.504. The molecule has 5 nitrogen and oxygen atoms in total. The van der Waals surface area contributed by atoms with E-state index in [4.69, 9.17) is 0 Å². The fraction of sp³-hybridized carbons (Fsp3) is 0.200. The van der Waals surface area contributed by atoms with Crippen LogP contribution in [0, 0.1) is 0 Å². The van der Waals surface area contributed by atoms with Gasteiger partial charge in [-0.1, -0.05) is 6.58 Å². The summed E-state index contributed by atoms with van der Waals surface area (Å²) < 4.78 is 0. The summed E-state index contributed by atoms with van der Waals surface area (Å²) in [5, 5.41) is 14.4. The third kappa shape index (κ3) is 1.07. The topological polar surface area (TPSA) is 56.0 Å². The van der Waals surface area contributed by atoms with E-state index in [1.165, 1.54) is 10.9 Å². The lowest BCUT2D eigenvalue weighted by Gasteiger charge is -1.86. The van der Waals surface area contributed by atoms with Crippen molar-refractivity contribution in [2.45, 2.75) is 6.92 Å². The molecule has 0 spiro atoms. The van der Waals surface area contributed by atoms with Crippen molar-refractivity contribution >= 4 is 12.3 Å². The van der Waals surface area contributed by atoms with Crippen LogP contribution in [0.1, 0.15) is 12.7 Å². The van der Waals surface area contributed by atoms with Gasteiger partial charge < -0.3 is 0 Å². The largest absolute Gasteiger partial charge is 0.199 e. The zero-order valence-electron chi connectivity index (χ0n) is 5.60. The maximum absolute atomic E-state index is 3.82. The van der Waals surface area contributed by atoms with E-state index in [0.29, 0.717) is 5.82 Å². The molecule has 0 radical (unpaired) electrons. The molecule has 0 saturated heterocycles. The second kappa shape index (κ2) is 2.86. The van der Waals surface area contributed by atoms with Crippen molar-refractivity contribution in [2.24, 2.45) is 5.10 Å². The lowest BCUT2D eigenvalue weighted by molar-refractivity contribution is 0.689. The molecule has 10 heavy (non-hydrogen) atoms. The molecule has 0 fully saturated rings. The summed E-state index contributed by atoms with van der Waals surface area (Å²) in [6, 6.07) is 0. The highest BCUT2D eigenvalue weighted by molar-refractivity contribution is 5.53. The molecule has 1 rings (SSSR count). The molecule has 0 atom stereocenters. The summed E-state index contributed by atoms with van der Waals surface area (Å²) in [6.45, 7) is 5.30. The smallest absolute Gasteiger partial charge is 0.160 e. The monoisotopic (exact) mass is 137 g/mol. The summed E-state index contributed by atoms with van der Waals surface area (Å²) in [7, 11) is 0. The lowest BCUT2D eigenvalue weighted by atomic mass is 10.6. The van der Waals surface area contributed by atoms with Gasteiger partial charge >= 0.3 is 0 Å². The predicted molar refractivity (Wildman–Crippen MR) is 37.5 cm³/mol. The lowest BCUT2D eigenvalue weighted by Crippen LogP contribution is -1.93. The van der Waals surface area contributed by atoms with Crippen molar-refractivity contribution in [3.05, 3.63) is 12.4 Å². The van der Waals surface area contributed by atoms with Crippen LogP contribution in [0.25, 0.3) is 6.08 Å². The third-order valence-corrected chi connectivity index (χ3v) is 0.884. The number of hydrogen-bond acceptors (Lipinski definition) is 4. The summed E-state index contributed by atoms with van der Waals surface area (Å²) in [4.78, 5) is 1.30. The molecule has 1 aromatic rings. The molecule has 1 aromatic heterocycles. The molecule has 0 aliphatic carbocycles. The molecular weight excluding hydrogens is 130 g/mol. The van der Waals surface area contributed by atoms with Crippen LogP contribution in [-0.4, -0.2) is 26.5 Å². The van der Waals surface area contributed by atoms with Crippen molar-refractivity contribution in [1.82, 2.24) is 20.3 Å². The van der Waals surface area contributed by atoms with Gasteiger partial charge in [-0.3, -0.25) is 0 Å². The zero-order chi connectivity index (χ0) is 7.40. The van der Waals surface area contributed by atoms with E-state index in [2.05, 4.69) is 27.2 Å². The number of tetrazole rings is 1. The van der Waals surface area contributed by atoms with Crippen molar-refractivity contribution in [2.75, 3.05) is 0 Å². The average molecular weight is 137 g/mol. The Kier molecular flexibility index (Phi) is 1.89. The Hall–Kier alpha value is -1.52. The van der Waals surface area contributed by atoms with Gasteiger partial charge in [-0.15, -0.1) is 9.89 Å². The van der Waals surface area contributed by atoms with Crippen LogP contribution in [0.3, 0.4) is 0 Å². The Bertz CT molecular complexity index is 248. The van der Waals surface area contributed by atoms with Crippen LogP contribution in [0.4, 0.5) is 0 Å². The molecule has 0 aliphatic rings. The number of hydrogen-bond donors (Lipinski definition) is 0. The summed E-state index contributed by atoms with van der Waals surface area (Å²) in [5.74, 6) is 0.540. The van der Waals surface area contributed by atoms with Crippen LogP contribution >= 0.6 is 0 Å². The predicted octanol–water partition coefficient (Wildman–Crippen LogP) is 0.170. The van der Waals surface area contributed by atoms with Gasteiger partial charge in [0.2, 0.25) is 0 Å². The second-order valence-electron chi connectivity index (χ2n) is 1.50. The molecule has 5 heteroatoms. The minimum Gasteiger partial charge on any atom is -0.160 e. The maximum atomic E-state index is 3.82. The van der Waals surface area contributed by atoms with E-state index < -0.39 is 0 Å². The first kappa shape index (κ1) is 6.60. The van der Waals surface area contributed by atoms with E-state index in [-0.39, 0.29) is 0 Å². The molecule has 1 heterocycles. The van der Waals surface area contributed by atoms with E-state index in [1.807, 2.05) is 0 Å². The SMILES string of the molecule is C=Cc1nnnn1/N=C\C. The Morgan fingerprint density at radius 3 is 3.10 bits per heavy atom. The minimum absolute atomic E-state index is 0.540. The van der Waals surface area contributed by atoms with Crippen LogP contribution in [0.2, 0.25) is 0 Å². The Labute approximate surface area is 58.1 Å². The van der Waals surface area contributed by atoms with Crippen LogP contribution in [0.5, 0.6) is 0 Å². The highest BCUT2D eigenvalue weighted by Crippen LogP contribution is 1.90. The average Bonchev–Trinajstić information content (AvgIpc) is 2.36. The first-order valence-electron chi connectivity index (χ1n) is 2.78. The second-order valence-corrected chi connectivity index (χ2v) is 1.50. The first-order valence-corrected chi connectivity index (χ1v) is 2.78. The van der Waals surface area contributed by atoms with Gasteiger partial charge in [0.15, 0.2) is 5.82 Å². The summed E-state index contributed by atoms with van der Waals surface area (Å²) >= 11 is 0. The molecule has 0 aromatic carbocycles. The number of nitrogens with zero attached hydrogens (tertiary/aromatic N) is 5. The molecule has 0 unspecified atom stereocenters. The fourth-order valence-corrected chi connectivity index (χ4v) is 0.504. The van der Waals surface area contributed by atoms with Gasteiger partial charge in [-0.25, -0.2) is 0 Å². The van der Waals surface area contributed by atoms with E-state index in [1.54, 1.807) is 13.1 Å². The summed E-state index contributed by atoms with van der Waals surface area (Å²) in [5.41, 5.74) is 0. The van der Waals surface area contributed by atoms with Crippen molar-refractivity contribution in [1.29, 1.82) is 0 Å². The minimum atomic E-state index is 0.540. The molecule has 0 saturated carbocycles. The molecule has 0 N–H and O–H groups in total. The number of rotatable bonds is 2. The standard InChI is InChI=1S/C5H7N5/c1-3-5-7-8-9-10(5)6-4-2/h3-4H,1H2,2H3/b6-4-. The van der Waals surface area contributed by atoms with Crippen molar-refractivity contribution in [3.8, 4) is 0 Å².